The van der Waals surface area contributed by atoms with E-state index in [1.807, 2.05) is 6.07 Å². The van der Waals surface area contributed by atoms with E-state index in [9.17, 15) is 0 Å². The maximum atomic E-state index is 6.59. The Morgan fingerprint density at radius 3 is 2.06 bits per heavy atom. The molecule has 7 aromatic carbocycles. The van der Waals surface area contributed by atoms with E-state index < -0.39 is 0 Å². The van der Waals surface area contributed by atoms with Gasteiger partial charge in [-0.1, -0.05) is 120 Å². The lowest BCUT2D eigenvalue weighted by Gasteiger charge is -2.27. The molecule has 1 aromatic heterocycles. The molecule has 1 heterocycles. The maximum absolute atomic E-state index is 6.59. The Bertz CT molecular complexity index is 2520. The van der Waals surface area contributed by atoms with Crippen LogP contribution in [0.5, 0.6) is 0 Å². The molecule has 0 saturated heterocycles. The van der Waals surface area contributed by atoms with Gasteiger partial charge >= 0.3 is 0 Å². The molecule has 0 spiro atoms. The molecule has 228 valence electrons. The van der Waals surface area contributed by atoms with Crippen LogP contribution < -0.4 is 4.90 Å². The van der Waals surface area contributed by atoms with Crippen molar-refractivity contribution in [1.82, 2.24) is 0 Å². The molecule has 0 saturated carbocycles. The summed E-state index contributed by atoms with van der Waals surface area (Å²) in [6.07, 6.45) is 0. The predicted molar refractivity (Wildman–Crippen MR) is 200 cm³/mol. The Kier molecular flexibility index (Phi) is 5.84. The summed E-state index contributed by atoms with van der Waals surface area (Å²) < 4.78 is 6.59. The number of anilines is 3. The third kappa shape index (κ3) is 4.17. The van der Waals surface area contributed by atoms with Gasteiger partial charge in [-0.05, 0) is 103 Å². The van der Waals surface area contributed by atoms with Crippen molar-refractivity contribution in [3.8, 4) is 11.1 Å². The van der Waals surface area contributed by atoms with Crippen molar-refractivity contribution in [2.75, 3.05) is 4.90 Å². The van der Waals surface area contributed by atoms with Crippen molar-refractivity contribution >= 4 is 60.5 Å². The van der Waals surface area contributed by atoms with Crippen LogP contribution in [0.25, 0.3) is 54.6 Å². The predicted octanol–water partition coefficient (Wildman–Crippen LogP) is 13.0. The molecule has 47 heavy (non-hydrogen) atoms. The van der Waals surface area contributed by atoms with Crippen molar-refractivity contribution in [1.29, 1.82) is 0 Å². The zero-order valence-corrected chi connectivity index (χ0v) is 27.6. The van der Waals surface area contributed by atoms with Crippen molar-refractivity contribution < 1.29 is 4.42 Å². The van der Waals surface area contributed by atoms with Crippen molar-refractivity contribution in [2.24, 2.45) is 0 Å². The van der Waals surface area contributed by atoms with E-state index in [0.717, 1.165) is 39.0 Å². The highest BCUT2D eigenvalue weighted by Crippen LogP contribution is 2.53. The number of nitrogens with zero attached hydrogens (tertiary/aromatic N) is 1. The van der Waals surface area contributed by atoms with Gasteiger partial charge in [0.1, 0.15) is 5.58 Å². The summed E-state index contributed by atoms with van der Waals surface area (Å²) in [5.41, 5.74) is 11.8. The second-order valence-corrected chi connectivity index (χ2v) is 14.6. The molecule has 0 N–H and O–H groups in total. The first-order chi connectivity index (χ1) is 22.7. The van der Waals surface area contributed by atoms with Gasteiger partial charge in [-0.2, -0.15) is 0 Å². The molecule has 0 unspecified atom stereocenters. The van der Waals surface area contributed by atoms with Crippen molar-refractivity contribution in [3.05, 3.63) is 150 Å². The van der Waals surface area contributed by atoms with E-state index in [2.05, 4.69) is 167 Å². The molecule has 2 nitrogen and oxygen atoms in total. The van der Waals surface area contributed by atoms with Gasteiger partial charge in [0, 0.05) is 27.6 Å². The molecule has 0 radical (unpaired) electrons. The Labute approximate surface area is 275 Å². The Morgan fingerprint density at radius 1 is 0.553 bits per heavy atom. The van der Waals surface area contributed by atoms with Crippen LogP contribution in [0.3, 0.4) is 0 Å². The van der Waals surface area contributed by atoms with E-state index >= 15 is 0 Å². The molecule has 0 amide bonds. The van der Waals surface area contributed by atoms with E-state index in [-0.39, 0.29) is 10.8 Å². The van der Waals surface area contributed by atoms with Gasteiger partial charge in [-0.25, -0.2) is 0 Å². The van der Waals surface area contributed by atoms with Gasteiger partial charge in [0.05, 0.1) is 5.69 Å². The molecule has 8 aromatic rings. The minimum absolute atomic E-state index is 0.0706. The molecular formula is C45H37NO. The summed E-state index contributed by atoms with van der Waals surface area (Å²) >= 11 is 0. The monoisotopic (exact) mass is 607 g/mol. The Balaban J connectivity index is 1.25. The number of fused-ring (bicyclic) bond motifs is 9. The second kappa shape index (κ2) is 9.83. The highest BCUT2D eigenvalue weighted by molar-refractivity contribution is 6.10. The van der Waals surface area contributed by atoms with Crippen LogP contribution >= 0.6 is 0 Å². The van der Waals surface area contributed by atoms with Gasteiger partial charge < -0.3 is 9.32 Å². The molecule has 0 aliphatic heterocycles. The van der Waals surface area contributed by atoms with Gasteiger partial charge in [0.2, 0.25) is 0 Å². The summed E-state index contributed by atoms with van der Waals surface area (Å²) in [4.78, 5) is 2.36. The quantitative estimate of drug-likeness (QED) is 0.199. The van der Waals surface area contributed by atoms with E-state index in [4.69, 9.17) is 4.42 Å². The van der Waals surface area contributed by atoms with Crippen LogP contribution in [0.1, 0.15) is 51.3 Å². The topological polar surface area (TPSA) is 16.4 Å². The number of para-hydroxylation sites is 2. The summed E-state index contributed by atoms with van der Waals surface area (Å²) in [7, 11) is 0. The Morgan fingerprint density at radius 2 is 1.26 bits per heavy atom. The number of hydrogen-bond acceptors (Lipinski definition) is 2. The van der Waals surface area contributed by atoms with Gasteiger partial charge in [-0.3, -0.25) is 0 Å². The first-order valence-corrected chi connectivity index (χ1v) is 16.6. The van der Waals surface area contributed by atoms with Crippen molar-refractivity contribution in [3.63, 3.8) is 0 Å². The summed E-state index contributed by atoms with van der Waals surface area (Å²) in [5, 5.41) is 7.39. The second-order valence-electron chi connectivity index (χ2n) is 14.6. The van der Waals surface area contributed by atoms with E-state index in [1.54, 1.807) is 0 Å². The Hall–Kier alpha value is -5.34. The largest absolute Gasteiger partial charge is 0.454 e. The normalized spacial score (nSPS) is 13.8. The van der Waals surface area contributed by atoms with E-state index in [0.29, 0.717) is 0 Å². The third-order valence-electron chi connectivity index (χ3n) is 10.4. The molecule has 1 aliphatic rings. The highest BCUT2D eigenvalue weighted by atomic mass is 16.3. The molecule has 1 aliphatic carbocycles. The van der Waals surface area contributed by atoms with Crippen LogP contribution in [0.2, 0.25) is 0 Å². The standard InChI is InChI=1S/C45H37NO/c1-44(2,3)31-19-22-32(23-20-31)46(40-15-10-14-37-35-13-8-9-16-41(35)47-43(37)40)33-21-17-29-26-38-36-24-18-28-11-6-7-12-34(28)42(36)45(4,5)39(38)27-30(29)25-33/h6-27H,1-5H3. The average Bonchev–Trinajstić information content (AvgIpc) is 3.56. The minimum atomic E-state index is -0.113. The molecule has 0 bridgehead atoms. The highest BCUT2D eigenvalue weighted by Gasteiger charge is 2.37. The molecular weight excluding hydrogens is 571 g/mol. The van der Waals surface area contributed by atoms with Crippen LogP contribution in [-0.2, 0) is 10.8 Å². The van der Waals surface area contributed by atoms with E-state index in [1.165, 1.54) is 49.4 Å². The smallest absolute Gasteiger partial charge is 0.159 e. The average molecular weight is 608 g/mol. The van der Waals surface area contributed by atoms with Gasteiger partial charge in [0.15, 0.2) is 5.58 Å². The first-order valence-electron chi connectivity index (χ1n) is 16.6. The van der Waals surface area contributed by atoms with Gasteiger partial charge in [-0.15, -0.1) is 0 Å². The van der Waals surface area contributed by atoms with Gasteiger partial charge in [0.25, 0.3) is 0 Å². The number of furan rings is 1. The molecule has 0 atom stereocenters. The SMILES string of the molecule is CC(C)(C)c1ccc(N(c2ccc3cc4c(cc3c2)C(C)(C)c2c-4ccc3ccccc23)c2cccc3c2oc2ccccc23)cc1. The number of benzene rings is 7. The lowest BCUT2D eigenvalue weighted by atomic mass is 9.80. The van der Waals surface area contributed by atoms with Crippen LogP contribution in [0.4, 0.5) is 17.1 Å². The summed E-state index contributed by atoms with van der Waals surface area (Å²) in [6, 6.07) is 49.0. The van der Waals surface area contributed by atoms with Crippen LogP contribution in [-0.4, -0.2) is 0 Å². The molecule has 9 rings (SSSR count). The zero-order valence-electron chi connectivity index (χ0n) is 27.6. The molecule has 2 heteroatoms. The van der Waals surface area contributed by atoms with Crippen LogP contribution in [0.15, 0.2) is 138 Å². The fraction of sp³-hybridized carbons (Fsp3) is 0.156. The maximum Gasteiger partial charge on any atom is 0.159 e. The fourth-order valence-electron chi connectivity index (χ4n) is 7.91. The minimum Gasteiger partial charge on any atom is -0.454 e. The zero-order chi connectivity index (χ0) is 32.1. The third-order valence-corrected chi connectivity index (χ3v) is 10.4. The molecule has 0 fully saturated rings. The lowest BCUT2D eigenvalue weighted by molar-refractivity contribution is 0.590. The number of rotatable bonds is 3. The van der Waals surface area contributed by atoms with Crippen LogP contribution in [0, 0.1) is 0 Å². The fourth-order valence-corrected chi connectivity index (χ4v) is 7.91. The first kappa shape index (κ1) is 27.9. The summed E-state index contributed by atoms with van der Waals surface area (Å²) in [5.74, 6) is 0. The van der Waals surface area contributed by atoms with Crippen molar-refractivity contribution in [2.45, 2.75) is 45.4 Å². The number of hydrogen-bond donors (Lipinski definition) is 0. The lowest BCUT2D eigenvalue weighted by Crippen LogP contribution is -2.15. The summed E-state index contributed by atoms with van der Waals surface area (Å²) in [6.45, 7) is 11.5.